The number of hydrogen-bond acceptors (Lipinski definition) is 3. The second-order valence-electron chi connectivity index (χ2n) is 4.95. The maximum atomic E-state index is 11.7. The van der Waals surface area contributed by atoms with E-state index < -0.39 is 0 Å². The summed E-state index contributed by atoms with van der Waals surface area (Å²) in [4.78, 5) is 11.7. The minimum atomic E-state index is 0. The number of ether oxygens (including phenoxy) is 1. The van der Waals surface area contributed by atoms with Crippen LogP contribution in [-0.2, 0) is 11.2 Å². The first-order valence-corrected chi connectivity index (χ1v) is 6.91. The number of halogens is 1. The van der Waals surface area contributed by atoms with E-state index >= 15 is 0 Å². The van der Waals surface area contributed by atoms with Crippen LogP contribution in [0.5, 0.6) is 5.75 Å². The molecule has 1 aromatic carbocycles. The Kier molecular flexibility index (Phi) is 7.41. The summed E-state index contributed by atoms with van der Waals surface area (Å²) in [6.45, 7) is 1.83. The summed E-state index contributed by atoms with van der Waals surface area (Å²) in [7, 11) is 1.65. The summed E-state index contributed by atoms with van der Waals surface area (Å²) in [6, 6.07) is 8.32. The van der Waals surface area contributed by atoms with Crippen molar-refractivity contribution in [3.05, 3.63) is 29.8 Å². The van der Waals surface area contributed by atoms with Crippen molar-refractivity contribution in [1.82, 2.24) is 10.6 Å². The number of carbonyl (C=O) groups excluding carboxylic acids is 1. The van der Waals surface area contributed by atoms with Gasteiger partial charge in [0.15, 0.2) is 0 Å². The lowest BCUT2D eigenvalue weighted by atomic mass is 10.1. The van der Waals surface area contributed by atoms with E-state index in [0.717, 1.165) is 30.8 Å². The Morgan fingerprint density at radius 3 is 2.75 bits per heavy atom. The van der Waals surface area contributed by atoms with E-state index in [2.05, 4.69) is 10.6 Å². The van der Waals surface area contributed by atoms with Gasteiger partial charge in [0.2, 0.25) is 5.91 Å². The lowest BCUT2D eigenvalue weighted by Crippen LogP contribution is -2.37. The summed E-state index contributed by atoms with van der Waals surface area (Å²) >= 11 is 0. The highest BCUT2D eigenvalue weighted by molar-refractivity contribution is 5.85. The van der Waals surface area contributed by atoms with E-state index in [4.69, 9.17) is 4.74 Å². The Morgan fingerprint density at radius 1 is 1.40 bits per heavy atom. The molecule has 0 spiro atoms. The Hall–Kier alpha value is -1.26. The van der Waals surface area contributed by atoms with E-state index in [1.807, 2.05) is 24.3 Å². The second-order valence-corrected chi connectivity index (χ2v) is 4.95. The van der Waals surface area contributed by atoms with Crippen molar-refractivity contribution in [2.75, 3.05) is 20.2 Å². The highest BCUT2D eigenvalue weighted by atomic mass is 35.5. The van der Waals surface area contributed by atoms with Gasteiger partial charge in [-0.25, -0.2) is 0 Å². The quantitative estimate of drug-likeness (QED) is 0.843. The van der Waals surface area contributed by atoms with E-state index in [9.17, 15) is 4.79 Å². The first kappa shape index (κ1) is 16.8. The predicted molar refractivity (Wildman–Crippen MR) is 82.6 cm³/mol. The zero-order valence-corrected chi connectivity index (χ0v) is 12.7. The third-order valence-corrected chi connectivity index (χ3v) is 3.51. The van der Waals surface area contributed by atoms with Gasteiger partial charge in [0, 0.05) is 19.0 Å². The van der Waals surface area contributed by atoms with Gasteiger partial charge in [0.1, 0.15) is 5.75 Å². The number of amides is 1. The van der Waals surface area contributed by atoms with Crippen LogP contribution in [0.4, 0.5) is 0 Å². The van der Waals surface area contributed by atoms with Crippen LogP contribution >= 0.6 is 12.4 Å². The number of aryl methyl sites for hydroxylation is 1. The highest BCUT2D eigenvalue weighted by Gasteiger charge is 2.14. The number of rotatable bonds is 6. The van der Waals surface area contributed by atoms with Crippen LogP contribution in [0.1, 0.15) is 24.8 Å². The molecule has 0 bridgehead atoms. The molecule has 1 heterocycles. The average molecular weight is 299 g/mol. The van der Waals surface area contributed by atoms with Crippen molar-refractivity contribution in [2.45, 2.75) is 31.7 Å². The monoisotopic (exact) mass is 298 g/mol. The van der Waals surface area contributed by atoms with Crippen molar-refractivity contribution in [3.63, 3.8) is 0 Å². The Morgan fingerprint density at radius 2 is 2.15 bits per heavy atom. The molecule has 0 radical (unpaired) electrons. The second kappa shape index (κ2) is 8.82. The van der Waals surface area contributed by atoms with Crippen LogP contribution in [0.15, 0.2) is 24.3 Å². The van der Waals surface area contributed by atoms with E-state index in [1.54, 1.807) is 7.11 Å². The zero-order valence-electron chi connectivity index (χ0n) is 11.9. The number of nitrogens with one attached hydrogen (secondary N) is 2. The highest BCUT2D eigenvalue weighted by Crippen LogP contribution is 2.12. The largest absolute Gasteiger partial charge is 0.497 e. The van der Waals surface area contributed by atoms with Crippen LogP contribution < -0.4 is 15.4 Å². The van der Waals surface area contributed by atoms with E-state index in [0.29, 0.717) is 12.5 Å². The minimum absolute atomic E-state index is 0. The van der Waals surface area contributed by atoms with Gasteiger partial charge in [-0.2, -0.15) is 0 Å². The van der Waals surface area contributed by atoms with Gasteiger partial charge in [0.05, 0.1) is 7.11 Å². The zero-order chi connectivity index (χ0) is 13.5. The van der Waals surface area contributed by atoms with Gasteiger partial charge < -0.3 is 15.4 Å². The standard InChI is InChI=1S/C15H22N2O2.ClH/c1-19-14-7-4-12(5-8-14)6-9-15(18)17-11-13-3-2-10-16-13;/h4-5,7-8,13,16H,2-3,6,9-11H2,1H3,(H,17,18);1H. The fourth-order valence-electron chi connectivity index (χ4n) is 2.31. The van der Waals surface area contributed by atoms with Crippen molar-refractivity contribution >= 4 is 18.3 Å². The maximum absolute atomic E-state index is 11.7. The van der Waals surface area contributed by atoms with Crippen LogP contribution in [0.2, 0.25) is 0 Å². The normalized spacial score (nSPS) is 17.4. The third-order valence-electron chi connectivity index (χ3n) is 3.51. The molecule has 1 aliphatic rings. The molecule has 1 atom stereocenters. The first-order chi connectivity index (χ1) is 9.28. The lowest BCUT2D eigenvalue weighted by Gasteiger charge is -2.11. The van der Waals surface area contributed by atoms with Gasteiger partial charge in [-0.15, -0.1) is 12.4 Å². The molecular weight excluding hydrogens is 276 g/mol. The molecule has 0 aliphatic carbocycles. The molecule has 112 valence electrons. The fourth-order valence-corrected chi connectivity index (χ4v) is 2.31. The molecule has 1 aromatic rings. The summed E-state index contributed by atoms with van der Waals surface area (Å²) in [5.41, 5.74) is 1.16. The lowest BCUT2D eigenvalue weighted by molar-refractivity contribution is -0.121. The molecule has 1 saturated heterocycles. The van der Waals surface area contributed by atoms with E-state index in [1.165, 1.54) is 12.8 Å². The molecule has 1 fully saturated rings. The van der Waals surface area contributed by atoms with Crippen molar-refractivity contribution in [3.8, 4) is 5.75 Å². The fraction of sp³-hybridized carbons (Fsp3) is 0.533. The topological polar surface area (TPSA) is 50.4 Å². The molecule has 1 amide bonds. The first-order valence-electron chi connectivity index (χ1n) is 6.91. The van der Waals surface area contributed by atoms with Crippen LogP contribution in [0, 0.1) is 0 Å². The summed E-state index contributed by atoms with van der Waals surface area (Å²) < 4.78 is 5.10. The molecule has 1 aliphatic heterocycles. The number of hydrogen-bond donors (Lipinski definition) is 2. The molecular formula is C15H23ClN2O2. The molecule has 4 nitrogen and oxygen atoms in total. The van der Waals surface area contributed by atoms with Gasteiger partial charge in [-0.3, -0.25) is 4.79 Å². The molecule has 2 N–H and O–H groups in total. The SMILES string of the molecule is COc1ccc(CCC(=O)NCC2CCCN2)cc1.Cl. The van der Waals surface area contributed by atoms with Crippen LogP contribution in [-0.4, -0.2) is 32.1 Å². The average Bonchev–Trinajstić information content (AvgIpc) is 2.96. The third kappa shape index (κ3) is 5.39. The van der Waals surface area contributed by atoms with Gasteiger partial charge in [0.25, 0.3) is 0 Å². The van der Waals surface area contributed by atoms with Gasteiger partial charge in [-0.05, 0) is 43.5 Å². The Bertz CT molecular complexity index is 403. The van der Waals surface area contributed by atoms with Crippen molar-refractivity contribution < 1.29 is 9.53 Å². The van der Waals surface area contributed by atoms with Gasteiger partial charge >= 0.3 is 0 Å². The van der Waals surface area contributed by atoms with Gasteiger partial charge in [-0.1, -0.05) is 12.1 Å². The number of benzene rings is 1. The maximum Gasteiger partial charge on any atom is 0.220 e. The number of methoxy groups -OCH3 is 1. The molecule has 0 aromatic heterocycles. The molecule has 0 saturated carbocycles. The number of carbonyl (C=O) groups is 1. The summed E-state index contributed by atoms with van der Waals surface area (Å²) in [5.74, 6) is 0.977. The smallest absolute Gasteiger partial charge is 0.220 e. The minimum Gasteiger partial charge on any atom is -0.497 e. The Balaban J connectivity index is 0.00000200. The van der Waals surface area contributed by atoms with E-state index in [-0.39, 0.29) is 18.3 Å². The Labute approximate surface area is 126 Å². The van der Waals surface area contributed by atoms with Crippen LogP contribution in [0.25, 0.3) is 0 Å². The molecule has 5 heteroatoms. The summed E-state index contributed by atoms with van der Waals surface area (Å²) in [5, 5.41) is 6.36. The molecule has 2 rings (SSSR count). The predicted octanol–water partition coefficient (Wildman–Crippen LogP) is 1.92. The van der Waals surface area contributed by atoms with Crippen molar-refractivity contribution in [1.29, 1.82) is 0 Å². The molecule has 1 unspecified atom stereocenters. The van der Waals surface area contributed by atoms with Crippen LogP contribution in [0.3, 0.4) is 0 Å². The van der Waals surface area contributed by atoms with Crippen molar-refractivity contribution in [2.24, 2.45) is 0 Å². The summed E-state index contributed by atoms with van der Waals surface area (Å²) in [6.07, 6.45) is 3.69. The molecule has 20 heavy (non-hydrogen) atoms.